The molecular formula is C16H24N2O5. The molecule has 1 heterocycles. The third-order valence-corrected chi connectivity index (χ3v) is 2.98. The van der Waals surface area contributed by atoms with Crippen LogP contribution in [0.15, 0.2) is 12.3 Å². The molecule has 23 heavy (non-hydrogen) atoms. The fourth-order valence-corrected chi connectivity index (χ4v) is 1.72. The molecule has 0 aromatic carbocycles. The van der Waals surface area contributed by atoms with Crippen LogP contribution in [0.2, 0.25) is 0 Å². The van der Waals surface area contributed by atoms with E-state index in [1.54, 1.807) is 6.07 Å². The number of carbonyl (C=O) groups is 1. The number of ether oxygens (including phenoxy) is 4. The van der Waals surface area contributed by atoms with E-state index in [0.29, 0.717) is 24.2 Å². The van der Waals surface area contributed by atoms with Gasteiger partial charge in [-0.25, -0.2) is 9.78 Å². The molecule has 1 aromatic heterocycles. The van der Waals surface area contributed by atoms with Crippen molar-refractivity contribution in [3.05, 3.63) is 12.3 Å². The molecule has 7 heteroatoms. The standard InChI is InChI=1S/C16H24N2O5/c1-16(2,3)18-15(19)23-12-7-14(21-9-11-5-6-11)17-8-13(12)22-10-20-4/h7-8,11H,5-6,9-10H2,1-4H3,(H,18,19). The minimum absolute atomic E-state index is 0.0290. The van der Waals surface area contributed by atoms with E-state index in [9.17, 15) is 4.79 Å². The monoisotopic (exact) mass is 324 g/mol. The molecule has 1 aliphatic carbocycles. The Hall–Kier alpha value is -2.02. The van der Waals surface area contributed by atoms with Crippen molar-refractivity contribution in [1.82, 2.24) is 10.3 Å². The van der Waals surface area contributed by atoms with Crippen molar-refractivity contribution in [3.8, 4) is 17.4 Å². The van der Waals surface area contributed by atoms with E-state index in [1.165, 1.54) is 26.1 Å². The lowest BCUT2D eigenvalue weighted by Crippen LogP contribution is -2.42. The van der Waals surface area contributed by atoms with Gasteiger partial charge < -0.3 is 24.3 Å². The number of rotatable bonds is 7. The number of methoxy groups -OCH3 is 1. The predicted octanol–water partition coefficient (Wildman–Crippen LogP) is 2.74. The van der Waals surface area contributed by atoms with Crippen molar-refractivity contribution < 1.29 is 23.7 Å². The van der Waals surface area contributed by atoms with Gasteiger partial charge in [-0.2, -0.15) is 0 Å². The third kappa shape index (κ3) is 6.32. The molecule has 0 radical (unpaired) electrons. The van der Waals surface area contributed by atoms with Crippen molar-refractivity contribution in [2.45, 2.75) is 39.2 Å². The quantitative estimate of drug-likeness (QED) is 0.777. The number of hydrogen-bond donors (Lipinski definition) is 1. The van der Waals surface area contributed by atoms with Gasteiger partial charge >= 0.3 is 6.09 Å². The van der Waals surface area contributed by atoms with E-state index < -0.39 is 11.6 Å². The third-order valence-electron chi connectivity index (χ3n) is 2.98. The molecule has 2 rings (SSSR count). The smallest absolute Gasteiger partial charge is 0.413 e. The summed E-state index contributed by atoms with van der Waals surface area (Å²) in [5.74, 6) is 1.56. The van der Waals surface area contributed by atoms with E-state index in [1.807, 2.05) is 20.8 Å². The Balaban J connectivity index is 2.06. The van der Waals surface area contributed by atoms with E-state index in [0.717, 1.165) is 0 Å². The average molecular weight is 324 g/mol. The Labute approximate surface area is 136 Å². The van der Waals surface area contributed by atoms with Gasteiger partial charge in [-0.15, -0.1) is 0 Å². The van der Waals surface area contributed by atoms with Crippen LogP contribution < -0.4 is 19.5 Å². The highest BCUT2D eigenvalue weighted by Gasteiger charge is 2.23. The first-order chi connectivity index (χ1) is 10.9. The second kappa shape index (κ2) is 7.50. The maximum atomic E-state index is 12.0. The number of nitrogens with one attached hydrogen (secondary N) is 1. The molecule has 1 aromatic rings. The molecular weight excluding hydrogens is 300 g/mol. The van der Waals surface area contributed by atoms with E-state index in [2.05, 4.69) is 10.3 Å². The summed E-state index contributed by atoms with van der Waals surface area (Å²) >= 11 is 0. The zero-order valence-corrected chi connectivity index (χ0v) is 14.0. The second-order valence-corrected chi connectivity index (χ2v) is 6.54. The van der Waals surface area contributed by atoms with E-state index in [4.69, 9.17) is 18.9 Å². The van der Waals surface area contributed by atoms with Crippen molar-refractivity contribution in [1.29, 1.82) is 0 Å². The van der Waals surface area contributed by atoms with Gasteiger partial charge in [0.25, 0.3) is 0 Å². The van der Waals surface area contributed by atoms with Crippen LogP contribution >= 0.6 is 0 Å². The number of hydrogen-bond acceptors (Lipinski definition) is 6. The molecule has 0 unspecified atom stereocenters. The van der Waals surface area contributed by atoms with Crippen LogP contribution in [-0.2, 0) is 4.74 Å². The van der Waals surface area contributed by atoms with Gasteiger partial charge in [0.2, 0.25) is 5.88 Å². The molecule has 1 fully saturated rings. The molecule has 0 bridgehead atoms. The largest absolute Gasteiger partial charge is 0.477 e. The van der Waals surface area contributed by atoms with Crippen molar-refractivity contribution in [2.24, 2.45) is 5.92 Å². The Kier molecular flexibility index (Phi) is 5.65. The van der Waals surface area contributed by atoms with Crippen LogP contribution in [0.3, 0.4) is 0 Å². The molecule has 7 nitrogen and oxygen atoms in total. The van der Waals surface area contributed by atoms with Crippen LogP contribution in [0.1, 0.15) is 33.6 Å². The number of pyridine rings is 1. The molecule has 1 aliphatic rings. The van der Waals surface area contributed by atoms with Crippen LogP contribution in [-0.4, -0.2) is 37.1 Å². The summed E-state index contributed by atoms with van der Waals surface area (Å²) in [7, 11) is 1.51. The molecule has 0 spiro atoms. The first kappa shape index (κ1) is 17.3. The first-order valence-electron chi connectivity index (χ1n) is 7.62. The fraction of sp³-hybridized carbons (Fsp3) is 0.625. The summed E-state index contributed by atoms with van der Waals surface area (Å²) < 4.78 is 21.2. The minimum Gasteiger partial charge on any atom is -0.477 e. The lowest BCUT2D eigenvalue weighted by molar-refractivity contribution is 0.0487. The number of nitrogens with zero attached hydrogens (tertiary/aromatic N) is 1. The second-order valence-electron chi connectivity index (χ2n) is 6.54. The summed E-state index contributed by atoms with van der Waals surface area (Å²) in [6.07, 6.45) is 3.26. The molecule has 0 aliphatic heterocycles. The number of carbonyl (C=O) groups excluding carboxylic acids is 1. The highest BCUT2D eigenvalue weighted by molar-refractivity contribution is 5.72. The Morgan fingerprint density at radius 3 is 2.65 bits per heavy atom. The summed E-state index contributed by atoms with van der Waals surface area (Å²) in [5.41, 5.74) is -0.400. The molecule has 0 atom stereocenters. The summed E-state index contributed by atoms with van der Waals surface area (Å²) in [5, 5.41) is 2.72. The Bertz CT molecular complexity index is 538. The Morgan fingerprint density at radius 1 is 1.30 bits per heavy atom. The maximum Gasteiger partial charge on any atom is 0.413 e. The van der Waals surface area contributed by atoms with Crippen molar-refractivity contribution in [3.63, 3.8) is 0 Å². The maximum absolute atomic E-state index is 12.0. The molecule has 1 saturated carbocycles. The number of aromatic nitrogens is 1. The van der Waals surface area contributed by atoms with E-state index in [-0.39, 0.29) is 12.5 Å². The summed E-state index contributed by atoms with van der Waals surface area (Å²) in [4.78, 5) is 16.1. The van der Waals surface area contributed by atoms with E-state index >= 15 is 0 Å². The van der Waals surface area contributed by atoms with Gasteiger partial charge in [-0.1, -0.05) is 0 Å². The average Bonchev–Trinajstić information content (AvgIpc) is 3.26. The van der Waals surface area contributed by atoms with Crippen molar-refractivity contribution >= 4 is 6.09 Å². The molecule has 1 amide bonds. The SMILES string of the molecule is COCOc1cnc(OCC2CC2)cc1OC(=O)NC(C)(C)C. The first-order valence-corrected chi connectivity index (χ1v) is 7.62. The van der Waals surface area contributed by atoms with Gasteiger partial charge in [-0.05, 0) is 39.5 Å². The van der Waals surface area contributed by atoms with Crippen LogP contribution in [0.4, 0.5) is 4.79 Å². The lowest BCUT2D eigenvalue weighted by Gasteiger charge is -2.20. The summed E-state index contributed by atoms with van der Waals surface area (Å²) in [6.45, 7) is 6.26. The van der Waals surface area contributed by atoms with Gasteiger partial charge in [0.1, 0.15) is 0 Å². The molecule has 0 saturated heterocycles. The highest BCUT2D eigenvalue weighted by atomic mass is 16.7. The van der Waals surface area contributed by atoms with Crippen LogP contribution in [0, 0.1) is 5.92 Å². The topological polar surface area (TPSA) is 78.9 Å². The highest BCUT2D eigenvalue weighted by Crippen LogP contribution is 2.32. The van der Waals surface area contributed by atoms with Crippen LogP contribution in [0.5, 0.6) is 17.4 Å². The zero-order chi connectivity index (χ0) is 16.9. The van der Waals surface area contributed by atoms with Gasteiger partial charge in [0.15, 0.2) is 18.3 Å². The van der Waals surface area contributed by atoms with Gasteiger partial charge in [0.05, 0.1) is 12.8 Å². The summed E-state index contributed by atoms with van der Waals surface area (Å²) in [6, 6.07) is 1.55. The molecule has 128 valence electrons. The Morgan fingerprint density at radius 2 is 2.04 bits per heavy atom. The minimum atomic E-state index is -0.570. The lowest BCUT2D eigenvalue weighted by atomic mass is 10.1. The van der Waals surface area contributed by atoms with Gasteiger partial charge in [-0.3, -0.25) is 0 Å². The predicted molar refractivity (Wildman–Crippen MR) is 83.9 cm³/mol. The van der Waals surface area contributed by atoms with Gasteiger partial charge in [0, 0.05) is 18.7 Å². The fourth-order valence-electron chi connectivity index (χ4n) is 1.72. The molecule has 1 N–H and O–H groups in total. The number of amides is 1. The normalized spacial score (nSPS) is 14.3. The van der Waals surface area contributed by atoms with Crippen molar-refractivity contribution in [2.75, 3.05) is 20.5 Å². The zero-order valence-electron chi connectivity index (χ0n) is 14.0. The van der Waals surface area contributed by atoms with Crippen LogP contribution in [0.25, 0.3) is 0 Å².